The van der Waals surface area contributed by atoms with Gasteiger partial charge >= 0.3 is 6.09 Å². The van der Waals surface area contributed by atoms with Gasteiger partial charge in [-0.05, 0) is 13.3 Å². The number of Topliss-reactive ketones (excluding diaryl/α,β-unsaturated/α-hetero) is 1. The molecule has 0 saturated heterocycles. The maximum Gasteiger partial charge on any atom is 0.434 e. The zero-order chi connectivity index (χ0) is 11.3. The van der Waals surface area contributed by atoms with Crippen LogP contribution in [0.4, 0.5) is 4.79 Å². The van der Waals surface area contributed by atoms with E-state index >= 15 is 0 Å². The van der Waals surface area contributed by atoms with E-state index in [4.69, 9.17) is 0 Å². The van der Waals surface area contributed by atoms with Crippen molar-refractivity contribution >= 4 is 25.3 Å². The molecule has 0 aromatic rings. The van der Waals surface area contributed by atoms with Crippen molar-refractivity contribution in [2.75, 3.05) is 20.4 Å². The summed E-state index contributed by atoms with van der Waals surface area (Å²) in [6, 6.07) is 0. The van der Waals surface area contributed by atoms with E-state index in [1.54, 1.807) is 13.8 Å². The third-order valence-corrected chi connectivity index (χ3v) is 2.71. The standard InChI is InChI=1S/C9H16NO3P/c1-6(2)7(11)8(14(4)5)10-9(12)13-3/h6H,1-5H3. The second-order valence-electron chi connectivity index (χ2n) is 3.32. The molecule has 0 aliphatic rings. The highest BCUT2D eigenvalue weighted by Crippen LogP contribution is 2.29. The van der Waals surface area contributed by atoms with Crippen molar-refractivity contribution in [1.82, 2.24) is 0 Å². The quantitative estimate of drug-likeness (QED) is 0.537. The molecule has 0 saturated carbocycles. The minimum atomic E-state index is -0.704. The Morgan fingerprint density at radius 1 is 1.29 bits per heavy atom. The Bertz CT molecular complexity index is 259. The van der Waals surface area contributed by atoms with Crippen LogP contribution in [0.15, 0.2) is 4.99 Å². The van der Waals surface area contributed by atoms with Crippen LogP contribution in [-0.4, -0.2) is 37.8 Å². The molecule has 1 amide bonds. The van der Waals surface area contributed by atoms with Crippen molar-refractivity contribution in [2.45, 2.75) is 13.8 Å². The SMILES string of the molecule is COC(=O)N=C(C(=O)C(C)C)P(C)C. The Labute approximate surface area is 85.5 Å². The van der Waals surface area contributed by atoms with Gasteiger partial charge < -0.3 is 4.74 Å². The number of hydrogen-bond acceptors (Lipinski definition) is 3. The third-order valence-electron chi connectivity index (χ3n) is 1.54. The minimum absolute atomic E-state index is 0.0773. The molecule has 0 radical (unpaired) electrons. The van der Waals surface area contributed by atoms with E-state index in [2.05, 4.69) is 9.73 Å². The molecule has 4 nitrogen and oxygen atoms in total. The second-order valence-corrected chi connectivity index (χ2v) is 5.53. The van der Waals surface area contributed by atoms with E-state index < -0.39 is 14.0 Å². The summed E-state index contributed by atoms with van der Waals surface area (Å²) in [5, 5.41) is 0. The molecule has 14 heavy (non-hydrogen) atoms. The van der Waals surface area contributed by atoms with Gasteiger partial charge in [0.2, 0.25) is 0 Å². The summed E-state index contributed by atoms with van der Waals surface area (Å²) in [6.45, 7) is 7.34. The molecule has 0 N–H and O–H groups in total. The van der Waals surface area contributed by atoms with Crippen LogP contribution < -0.4 is 0 Å². The first-order valence-corrected chi connectivity index (χ1v) is 6.52. The fraction of sp³-hybridized carbons (Fsp3) is 0.667. The summed E-state index contributed by atoms with van der Waals surface area (Å²) in [5.74, 6) is -0.213. The predicted octanol–water partition coefficient (Wildman–Crippen LogP) is 2.12. The predicted molar refractivity (Wildman–Crippen MR) is 58.5 cm³/mol. The highest BCUT2D eigenvalue weighted by atomic mass is 31.1. The number of amides is 1. The summed E-state index contributed by atoms with van der Waals surface area (Å²) in [7, 11) is 0.573. The topological polar surface area (TPSA) is 55.7 Å². The number of methoxy groups -OCH3 is 1. The molecule has 0 fully saturated rings. The lowest BCUT2D eigenvalue weighted by molar-refractivity contribution is -0.115. The van der Waals surface area contributed by atoms with Gasteiger partial charge in [-0.3, -0.25) is 4.79 Å². The largest absolute Gasteiger partial charge is 0.451 e. The number of carbonyl (C=O) groups excluding carboxylic acids is 2. The lowest BCUT2D eigenvalue weighted by atomic mass is 10.1. The highest BCUT2D eigenvalue weighted by molar-refractivity contribution is 7.76. The average molecular weight is 217 g/mol. The Morgan fingerprint density at radius 2 is 1.79 bits per heavy atom. The van der Waals surface area contributed by atoms with E-state index in [0.29, 0.717) is 5.45 Å². The minimum Gasteiger partial charge on any atom is -0.451 e. The summed E-state index contributed by atoms with van der Waals surface area (Å²) in [5.41, 5.74) is 0.349. The molecule has 80 valence electrons. The Kier molecular flexibility index (Phi) is 5.55. The molecule has 0 atom stereocenters. The van der Waals surface area contributed by atoms with Gasteiger partial charge in [0.15, 0.2) is 5.78 Å². The van der Waals surface area contributed by atoms with Crippen molar-refractivity contribution < 1.29 is 14.3 Å². The molecule has 0 spiro atoms. The monoisotopic (exact) mass is 217 g/mol. The molecule has 0 heterocycles. The van der Waals surface area contributed by atoms with Crippen LogP contribution in [0.3, 0.4) is 0 Å². The highest BCUT2D eigenvalue weighted by Gasteiger charge is 2.19. The fourth-order valence-corrected chi connectivity index (χ4v) is 1.75. The van der Waals surface area contributed by atoms with Crippen molar-refractivity contribution in [1.29, 1.82) is 0 Å². The van der Waals surface area contributed by atoms with Crippen molar-refractivity contribution in [2.24, 2.45) is 10.9 Å². The Balaban J connectivity index is 4.86. The zero-order valence-electron chi connectivity index (χ0n) is 9.20. The van der Waals surface area contributed by atoms with Gasteiger partial charge in [0, 0.05) is 5.92 Å². The van der Waals surface area contributed by atoms with Crippen LogP contribution in [0.25, 0.3) is 0 Å². The van der Waals surface area contributed by atoms with Crippen LogP contribution in [0, 0.1) is 5.92 Å². The summed E-state index contributed by atoms with van der Waals surface area (Å²) >= 11 is 0. The van der Waals surface area contributed by atoms with Gasteiger partial charge in [0.05, 0.1) is 7.11 Å². The van der Waals surface area contributed by atoms with Crippen LogP contribution in [-0.2, 0) is 9.53 Å². The average Bonchev–Trinajstić information content (AvgIpc) is 2.11. The smallest absolute Gasteiger partial charge is 0.434 e. The van der Waals surface area contributed by atoms with Gasteiger partial charge in [-0.15, -0.1) is 0 Å². The number of aliphatic imine (C=N–C) groups is 1. The van der Waals surface area contributed by atoms with Gasteiger partial charge in [0.25, 0.3) is 0 Å². The van der Waals surface area contributed by atoms with E-state index in [9.17, 15) is 9.59 Å². The third kappa shape index (κ3) is 3.97. The molecule has 0 unspecified atom stereocenters. The summed E-state index contributed by atoms with van der Waals surface area (Å²) in [6.07, 6.45) is -0.704. The number of ketones is 1. The lowest BCUT2D eigenvalue weighted by Crippen LogP contribution is -2.19. The Morgan fingerprint density at radius 3 is 2.07 bits per heavy atom. The van der Waals surface area contributed by atoms with E-state index in [-0.39, 0.29) is 11.7 Å². The molecule has 0 aromatic carbocycles. The summed E-state index contributed by atoms with van der Waals surface area (Å²) in [4.78, 5) is 26.2. The lowest BCUT2D eigenvalue weighted by Gasteiger charge is -2.10. The molecule has 0 rings (SSSR count). The van der Waals surface area contributed by atoms with Crippen LogP contribution >= 0.6 is 7.92 Å². The van der Waals surface area contributed by atoms with E-state index in [1.165, 1.54) is 7.11 Å². The van der Waals surface area contributed by atoms with E-state index in [0.717, 1.165) is 0 Å². The van der Waals surface area contributed by atoms with E-state index in [1.807, 2.05) is 13.3 Å². The fourth-order valence-electron chi connectivity index (χ4n) is 0.766. The van der Waals surface area contributed by atoms with Crippen LogP contribution in [0.1, 0.15) is 13.8 Å². The first-order valence-electron chi connectivity index (χ1n) is 4.28. The molecule has 0 aliphatic heterocycles. The first kappa shape index (κ1) is 13.2. The molecular formula is C9H16NO3P. The maximum atomic E-state index is 11.6. The van der Waals surface area contributed by atoms with Crippen molar-refractivity contribution in [3.63, 3.8) is 0 Å². The first-order chi connectivity index (χ1) is 6.40. The van der Waals surface area contributed by atoms with Crippen LogP contribution in [0.2, 0.25) is 0 Å². The van der Waals surface area contributed by atoms with Crippen LogP contribution in [0.5, 0.6) is 0 Å². The molecule has 5 heteroatoms. The molecular weight excluding hydrogens is 201 g/mol. The number of nitrogens with zero attached hydrogens (tertiary/aromatic N) is 1. The second kappa shape index (κ2) is 5.86. The van der Waals surface area contributed by atoms with Gasteiger partial charge in [0.1, 0.15) is 5.45 Å². The van der Waals surface area contributed by atoms with Crippen molar-refractivity contribution in [3.05, 3.63) is 0 Å². The number of ether oxygens (including phenoxy) is 1. The van der Waals surface area contributed by atoms with Gasteiger partial charge in [-0.25, -0.2) is 4.79 Å². The number of rotatable bonds is 3. The Hall–Kier alpha value is -0.760. The molecule has 0 aromatic heterocycles. The van der Waals surface area contributed by atoms with Crippen molar-refractivity contribution in [3.8, 4) is 0 Å². The van der Waals surface area contributed by atoms with Gasteiger partial charge in [-0.1, -0.05) is 21.8 Å². The maximum absolute atomic E-state index is 11.6. The zero-order valence-corrected chi connectivity index (χ0v) is 10.1. The van der Waals surface area contributed by atoms with Gasteiger partial charge in [-0.2, -0.15) is 4.99 Å². The molecule has 0 aliphatic carbocycles. The molecule has 0 bridgehead atoms. The summed E-state index contributed by atoms with van der Waals surface area (Å²) < 4.78 is 4.39. The number of carbonyl (C=O) groups is 2. The number of hydrogen-bond donors (Lipinski definition) is 0. The normalized spacial score (nSPS) is 12.1.